The van der Waals surface area contributed by atoms with Gasteiger partial charge in [0, 0.05) is 17.3 Å². The summed E-state index contributed by atoms with van der Waals surface area (Å²) < 4.78 is 35.8. The third kappa shape index (κ3) is 4.57. The molecule has 0 unspecified atom stereocenters. The van der Waals surface area contributed by atoms with E-state index in [1.807, 2.05) is 0 Å². The second kappa shape index (κ2) is 7.42. The van der Waals surface area contributed by atoms with E-state index < -0.39 is 15.4 Å². The summed E-state index contributed by atoms with van der Waals surface area (Å²) in [6, 6.07) is 0. The Bertz CT molecular complexity index is 383. The van der Waals surface area contributed by atoms with Gasteiger partial charge in [-0.15, -0.1) is 4.33 Å². The lowest BCUT2D eigenvalue weighted by atomic mass is 9.73. The predicted molar refractivity (Wildman–Crippen MR) is 75.4 cm³/mol. The molecule has 2 saturated carbocycles. The summed E-state index contributed by atoms with van der Waals surface area (Å²) in [5.41, 5.74) is 0. The molecule has 20 heavy (non-hydrogen) atoms. The molecule has 0 amide bonds. The lowest BCUT2D eigenvalue weighted by Gasteiger charge is -2.36. The van der Waals surface area contributed by atoms with Crippen molar-refractivity contribution in [2.75, 3.05) is 0 Å². The zero-order chi connectivity index (χ0) is 14.6. The zero-order valence-electron chi connectivity index (χ0n) is 11.3. The Kier molecular flexibility index (Phi) is 6.12. The largest absolute Gasteiger partial charge is 0.285 e. The molecule has 0 radical (unpaired) electrons. The van der Waals surface area contributed by atoms with Gasteiger partial charge in [0.1, 0.15) is 0 Å². The standard InChI is InChI=1S/C12H22O6S2/c13-17-18-19-11-5-1-9(2-6-11)10-3-7-12(8-4-10)20(14,15)16/h9-13H,1-8H2,(H,14,15,16). The Morgan fingerprint density at radius 3 is 1.85 bits per heavy atom. The normalized spacial score (nSPS) is 35.9. The van der Waals surface area contributed by atoms with Gasteiger partial charge in [0.25, 0.3) is 10.1 Å². The molecule has 8 heteroatoms. The van der Waals surface area contributed by atoms with Crippen LogP contribution in [0.15, 0.2) is 0 Å². The Morgan fingerprint density at radius 2 is 1.40 bits per heavy atom. The molecule has 2 N–H and O–H groups in total. The first-order valence-corrected chi connectivity index (χ1v) is 9.41. The molecule has 0 heterocycles. The van der Waals surface area contributed by atoms with Gasteiger partial charge in [-0.05, 0) is 63.2 Å². The van der Waals surface area contributed by atoms with E-state index in [9.17, 15) is 8.42 Å². The zero-order valence-corrected chi connectivity index (χ0v) is 12.9. The summed E-state index contributed by atoms with van der Waals surface area (Å²) in [7, 11) is -3.86. The first-order valence-electron chi connectivity index (χ1n) is 7.10. The second-order valence-electron chi connectivity index (χ2n) is 5.83. The van der Waals surface area contributed by atoms with Gasteiger partial charge in [0.2, 0.25) is 0 Å². The van der Waals surface area contributed by atoms with Crippen LogP contribution in [0.1, 0.15) is 51.4 Å². The van der Waals surface area contributed by atoms with Gasteiger partial charge in [-0.25, -0.2) is 5.26 Å². The van der Waals surface area contributed by atoms with Crippen molar-refractivity contribution in [1.29, 1.82) is 0 Å². The van der Waals surface area contributed by atoms with Crippen LogP contribution in [0.2, 0.25) is 0 Å². The first kappa shape index (κ1) is 16.5. The molecule has 2 fully saturated rings. The fourth-order valence-electron chi connectivity index (χ4n) is 3.59. The average Bonchev–Trinajstić information content (AvgIpc) is 2.45. The molecule has 118 valence electrons. The van der Waals surface area contributed by atoms with Crippen LogP contribution in [0.3, 0.4) is 0 Å². The fourth-order valence-corrected chi connectivity index (χ4v) is 5.07. The second-order valence-corrected chi connectivity index (χ2v) is 8.52. The van der Waals surface area contributed by atoms with Crippen molar-refractivity contribution in [1.82, 2.24) is 0 Å². The molecule has 0 aliphatic heterocycles. The summed E-state index contributed by atoms with van der Waals surface area (Å²) >= 11 is 1.17. The highest BCUT2D eigenvalue weighted by atomic mass is 32.2. The molecular formula is C12H22O6S2. The van der Waals surface area contributed by atoms with E-state index in [1.165, 1.54) is 12.0 Å². The van der Waals surface area contributed by atoms with Crippen LogP contribution in [0, 0.1) is 11.8 Å². The van der Waals surface area contributed by atoms with Crippen LogP contribution in [0.5, 0.6) is 0 Å². The minimum atomic E-state index is -3.86. The van der Waals surface area contributed by atoms with Gasteiger partial charge < -0.3 is 0 Å². The SMILES string of the molecule is O=S(=O)(O)C1CCC(C2CCC(SOOO)CC2)CC1. The van der Waals surface area contributed by atoms with E-state index in [0.29, 0.717) is 29.9 Å². The van der Waals surface area contributed by atoms with Gasteiger partial charge in [-0.3, -0.25) is 4.55 Å². The molecule has 0 bridgehead atoms. The minimum absolute atomic E-state index is 0.354. The molecular weight excluding hydrogens is 304 g/mol. The summed E-state index contributed by atoms with van der Waals surface area (Å²) in [4.78, 5) is 0. The van der Waals surface area contributed by atoms with E-state index in [1.54, 1.807) is 0 Å². The van der Waals surface area contributed by atoms with Crippen molar-refractivity contribution in [2.24, 2.45) is 11.8 Å². The predicted octanol–water partition coefficient (Wildman–Crippen LogP) is 3.06. The van der Waals surface area contributed by atoms with Crippen LogP contribution in [-0.2, 0) is 19.5 Å². The van der Waals surface area contributed by atoms with Crippen molar-refractivity contribution in [2.45, 2.75) is 61.9 Å². The quantitative estimate of drug-likeness (QED) is 0.347. The van der Waals surface area contributed by atoms with Gasteiger partial charge in [0.05, 0.1) is 5.25 Å². The first-order chi connectivity index (χ1) is 9.50. The molecule has 6 nitrogen and oxygen atoms in total. The van der Waals surface area contributed by atoms with Crippen molar-refractivity contribution >= 4 is 22.2 Å². The lowest BCUT2D eigenvalue weighted by molar-refractivity contribution is -0.432. The van der Waals surface area contributed by atoms with E-state index in [-0.39, 0.29) is 0 Å². The van der Waals surface area contributed by atoms with Crippen molar-refractivity contribution in [3.63, 3.8) is 0 Å². The van der Waals surface area contributed by atoms with Crippen LogP contribution >= 0.6 is 12.0 Å². The maximum Gasteiger partial charge on any atom is 0.267 e. The number of hydrogen-bond acceptors (Lipinski definition) is 6. The summed E-state index contributed by atoms with van der Waals surface area (Å²) in [6.07, 6.45) is 7.21. The smallest absolute Gasteiger partial charge is 0.267 e. The van der Waals surface area contributed by atoms with Crippen molar-refractivity contribution in [3.8, 4) is 0 Å². The molecule has 0 spiro atoms. The molecule has 2 aliphatic rings. The van der Waals surface area contributed by atoms with Crippen LogP contribution in [-0.4, -0.2) is 28.7 Å². The van der Waals surface area contributed by atoms with E-state index in [2.05, 4.69) is 9.37 Å². The molecule has 0 aromatic rings. The minimum Gasteiger partial charge on any atom is -0.285 e. The van der Waals surface area contributed by atoms with Crippen LogP contribution in [0.4, 0.5) is 0 Å². The number of hydrogen-bond donors (Lipinski definition) is 2. The van der Waals surface area contributed by atoms with Crippen molar-refractivity contribution in [3.05, 3.63) is 0 Å². The third-order valence-corrected chi connectivity index (χ3v) is 6.93. The van der Waals surface area contributed by atoms with E-state index in [0.717, 1.165) is 38.5 Å². The molecule has 0 aromatic heterocycles. The monoisotopic (exact) mass is 326 g/mol. The van der Waals surface area contributed by atoms with E-state index >= 15 is 0 Å². The van der Waals surface area contributed by atoms with Crippen LogP contribution < -0.4 is 0 Å². The van der Waals surface area contributed by atoms with E-state index in [4.69, 9.17) is 9.81 Å². The van der Waals surface area contributed by atoms with Crippen LogP contribution in [0.25, 0.3) is 0 Å². The van der Waals surface area contributed by atoms with Gasteiger partial charge >= 0.3 is 0 Å². The Hall–Kier alpha value is 0.140. The molecule has 0 atom stereocenters. The molecule has 0 aromatic carbocycles. The fraction of sp³-hybridized carbons (Fsp3) is 1.00. The maximum absolute atomic E-state index is 11.1. The molecule has 0 saturated heterocycles. The molecule has 2 aliphatic carbocycles. The van der Waals surface area contributed by atoms with Gasteiger partial charge in [0.15, 0.2) is 0 Å². The number of rotatable bonds is 5. The van der Waals surface area contributed by atoms with Gasteiger partial charge in [-0.1, -0.05) is 5.04 Å². The third-order valence-electron chi connectivity index (χ3n) is 4.73. The summed E-state index contributed by atoms with van der Waals surface area (Å²) in [5.74, 6) is 1.22. The average molecular weight is 326 g/mol. The Morgan fingerprint density at radius 1 is 0.900 bits per heavy atom. The van der Waals surface area contributed by atoms with Crippen molar-refractivity contribution < 1.29 is 27.6 Å². The summed E-state index contributed by atoms with van der Waals surface area (Å²) in [5, 5.41) is 11.5. The Labute approximate surface area is 124 Å². The molecule has 2 rings (SSSR count). The highest BCUT2D eigenvalue weighted by Crippen LogP contribution is 2.41. The Balaban J connectivity index is 1.73. The maximum atomic E-state index is 11.1. The highest BCUT2D eigenvalue weighted by Gasteiger charge is 2.34. The topological polar surface area (TPSA) is 93.1 Å². The highest BCUT2D eigenvalue weighted by molar-refractivity contribution is 7.95. The lowest BCUT2D eigenvalue weighted by Crippen LogP contribution is -2.31. The van der Waals surface area contributed by atoms with Gasteiger partial charge in [-0.2, -0.15) is 8.42 Å². The summed E-state index contributed by atoms with van der Waals surface area (Å²) in [6.45, 7) is 0.